The molecule has 0 unspecified atom stereocenters. The zero-order chi connectivity index (χ0) is 13.0. The SMILES string of the molecule is Cl.O=C(O)CCON=C1CN(c2ncc(Br)cn2)C1. The number of aromatic nitrogens is 2. The van der Waals surface area contributed by atoms with Crippen LogP contribution in [0.15, 0.2) is 22.0 Å². The minimum atomic E-state index is -0.895. The monoisotopic (exact) mass is 350 g/mol. The third-order valence-corrected chi connectivity index (χ3v) is 2.65. The molecular formula is C10H12BrClN4O3. The predicted molar refractivity (Wildman–Crippen MR) is 74.8 cm³/mol. The number of anilines is 1. The van der Waals surface area contributed by atoms with Crippen LogP contribution in [0.5, 0.6) is 0 Å². The van der Waals surface area contributed by atoms with Crippen molar-refractivity contribution in [3.05, 3.63) is 16.9 Å². The molecule has 0 bridgehead atoms. The van der Waals surface area contributed by atoms with Crippen molar-refractivity contribution in [1.82, 2.24) is 9.97 Å². The molecule has 0 spiro atoms. The second-order valence-corrected chi connectivity index (χ2v) is 4.61. The van der Waals surface area contributed by atoms with Gasteiger partial charge in [-0.05, 0) is 15.9 Å². The standard InChI is InChI=1S/C10H11BrN4O3.ClH/c11-7-3-12-10(13-4-7)15-5-8(6-15)14-18-2-1-9(16)17;/h3-4H,1-2,5-6H2,(H,16,17);1H. The Morgan fingerprint density at radius 2 is 2.11 bits per heavy atom. The number of oxime groups is 1. The van der Waals surface area contributed by atoms with Gasteiger partial charge in [0, 0.05) is 12.4 Å². The summed E-state index contributed by atoms with van der Waals surface area (Å²) in [6, 6.07) is 0. The van der Waals surface area contributed by atoms with Gasteiger partial charge in [0.15, 0.2) is 0 Å². The highest BCUT2D eigenvalue weighted by Gasteiger charge is 2.24. The zero-order valence-corrected chi connectivity index (χ0v) is 12.2. The Kier molecular flexibility index (Phi) is 5.97. The van der Waals surface area contributed by atoms with Crippen LogP contribution in [0.4, 0.5) is 5.95 Å². The van der Waals surface area contributed by atoms with Crippen LogP contribution in [-0.4, -0.2) is 46.5 Å². The van der Waals surface area contributed by atoms with Crippen molar-refractivity contribution in [2.45, 2.75) is 6.42 Å². The summed E-state index contributed by atoms with van der Waals surface area (Å²) in [5.74, 6) is -0.253. The van der Waals surface area contributed by atoms with E-state index in [1.54, 1.807) is 12.4 Å². The van der Waals surface area contributed by atoms with Gasteiger partial charge in [-0.15, -0.1) is 12.4 Å². The molecule has 0 radical (unpaired) electrons. The quantitative estimate of drug-likeness (QED) is 0.636. The molecule has 0 aliphatic carbocycles. The minimum absolute atomic E-state index is 0. The topological polar surface area (TPSA) is 87.9 Å². The number of rotatable bonds is 5. The Balaban J connectivity index is 0.00000180. The van der Waals surface area contributed by atoms with Gasteiger partial charge >= 0.3 is 5.97 Å². The summed E-state index contributed by atoms with van der Waals surface area (Å²) < 4.78 is 0.831. The fourth-order valence-electron chi connectivity index (χ4n) is 1.33. The van der Waals surface area contributed by atoms with Crippen LogP contribution in [0, 0.1) is 0 Å². The number of hydrogen-bond donors (Lipinski definition) is 1. The minimum Gasteiger partial charge on any atom is -0.481 e. The summed E-state index contributed by atoms with van der Waals surface area (Å²) in [6.45, 7) is 1.30. The van der Waals surface area contributed by atoms with Crippen LogP contribution < -0.4 is 4.90 Å². The molecule has 0 saturated carbocycles. The molecule has 9 heteroatoms. The first-order valence-electron chi connectivity index (χ1n) is 5.27. The van der Waals surface area contributed by atoms with Crippen molar-refractivity contribution >= 4 is 46.0 Å². The van der Waals surface area contributed by atoms with E-state index in [0.29, 0.717) is 19.0 Å². The summed E-state index contributed by atoms with van der Waals surface area (Å²) in [5.41, 5.74) is 0.854. The lowest BCUT2D eigenvalue weighted by atomic mass is 10.2. The molecule has 104 valence electrons. The van der Waals surface area contributed by atoms with E-state index < -0.39 is 5.97 Å². The number of nitrogens with zero attached hydrogens (tertiary/aromatic N) is 4. The third kappa shape index (κ3) is 4.64. The molecular weight excluding hydrogens is 339 g/mol. The van der Waals surface area contributed by atoms with Crippen molar-refractivity contribution in [2.24, 2.45) is 5.16 Å². The summed E-state index contributed by atoms with van der Waals surface area (Å²) in [4.78, 5) is 25.4. The van der Waals surface area contributed by atoms with E-state index in [4.69, 9.17) is 9.94 Å². The van der Waals surface area contributed by atoms with Gasteiger partial charge in [-0.3, -0.25) is 4.79 Å². The van der Waals surface area contributed by atoms with Gasteiger partial charge in [-0.25, -0.2) is 9.97 Å². The molecule has 1 fully saturated rings. The molecule has 19 heavy (non-hydrogen) atoms. The van der Waals surface area contributed by atoms with E-state index in [1.807, 2.05) is 4.90 Å². The lowest BCUT2D eigenvalue weighted by Gasteiger charge is -2.31. The van der Waals surface area contributed by atoms with Crippen LogP contribution in [-0.2, 0) is 9.63 Å². The fraction of sp³-hybridized carbons (Fsp3) is 0.400. The van der Waals surface area contributed by atoms with E-state index in [-0.39, 0.29) is 25.4 Å². The molecule has 1 aromatic rings. The number of halogens is 2. The Hall–Kier alpha value is -1.41. The molecule has 2 heterocycles. The highest BCUT2D eigenvalue weighted by molar-refractivity contribution is 9.10. The lowest BCUT2D eigenvalue weighted by molar-refractivity contribution is -0.138. The largest absolute Gasteiger partial charge is 0.481 e. The zero-order valence-electron chi connectivity index (χ0n) is 9.82. The average Bonchev–Trinajstić information content (AvgIpc) is 2.28. The maximum Gasteiger partial charge on any atom is 0.306 e. The molecule has 1 aliphatic rings. The summed E-state index contributed by atoms with van der Waals surface area (Å²) >= 11 is 3.26. The molecule has 7 nitrogen and oxygen atoms in total. The number of carboxylic acids is 1. The second kappa shape index (κ2) is 7.25. The number of carboxylic acid groups (broad SMARTS) is 1. The highest BCUT2D eigenvalue weighted by Crippen LogP contribution is 2.15. The van der Waals surface area contributed by atoms with Crippen LogP contribution in [0.25, 0.3) is 0 Å². The van der Waals surface area contributed by atoms with E-state index >= 15 is 0 Å². The van der Waals surface area contributed by atoms with Crippen LogP contribution in [0.3, 0.4) is 0 Å². The first-order chi connectivity index (χ1) is 8.65. The van der Waals surface area contributed by atoms with E-state index in [1.165, 1.54) is 0 Å². The highest BCUT2D eigenvalue weighted by atomic mass is 79.9. The predicted octanol–water partition coefficient (Wildman–Crippen LogP) is 1.33. The normalized spacial score (nSPS) is 13.3. The molecule has 0 aromatic carbocycles. The Bertz CT molecular complexity index is 460. The van der Waals surface area contributed by atoms with E-state index in [9.17, 15) is 4.79 Å². The van der Waals surface area contributed by atoms with Gasteiger partial charge in [0.25, 0.3) is 0 Å². The van der Waals surface area contributed by atoms with Crippen LogP contribution >= 0.6 is 28.3 Å². The molecule has 1 aliphatic heterocycles. The van der Waals surface area contributed by atoms with E-state index in [0.717, 1.165) is 10.2 Å². The van der Waals surface area contributed by atoms with Crippen LogP contribution in [0.1, 0.15) is 6.42 Å². The van der Waals surface area contributed by atoms with Gasteiger partial charge in [-0.1, -0.05) is 5.16 Å². The fourth-order valence-corrected chi connectivity index (χ4v) is 1.54. The smallest absolute Gasteiger partial charge is 0.306 e. The van der Waals surface area contributed by atoms with Gasteiger partial charge < -0.3 is 14.8 Å². The van der Waals surface area contributed by atoms with Crippen molar-refractivity contribution in [3.8, 4) is 0 Å². The second-order valence-electron chi connectivity index (χ2n) is 3.69. The maximum atomic E-state index is 10.2. The van der Waals surface area contributed by atoms with Crippen LogP contribution in [0.2, 0.25) is 0 Å². The van der Waals surface area contributed by atoms with Gasteiger partial charge in [0.2, 0.25) is 5.95 Å². The van der Waals surface area contributed by atoms with Crippen molar-refractivity contribution in [2.75, 3.05) is 24.6 Å². The molecule has 1 aromatic heterocycles. The molecule has 1 saturated heterocycles. The Morgan fingerprint density at radius 1 is 1.47 bits per heavy atom. The van der Waals surface area contributed by atoms with E-state index in [2.05, 4.69) is 31.1 Å². The van der Waals surface area contributed by atoms with Crippen molar-refractivity contribution in [3.63, 3.8) is 0 Å². The molecule has 2 rings (SSSR count). The number of aliphatic carboxylic acids is 1. The van der Waals surface area contributed by atoms with Crippen molar-refractivity contribution < 1.29 is 14.7 Å². The summed E-state index contributed by atoms with van der Waals surface area (Å²) in [5, 5.41) is 12.2. The van der Waals surface area contributed by atoms with Gasteiger partial charge in [0.05, 0.1) is 29.7 Å². The first kappa shape index (κ1) is 15.6. The Labute approximate surface area is 124 Å². The first-order valence-corrected chi connectivity index (χ1v) is 6.06. The molecule has 0 atom stereocenters. The van der Waals surface area contributed by atoms with Gasteiger partial charge in [0.1, 0.15) is 6.61 Å². The third-order valence-electron chi connectivity index (χ3n) is 2.24. The number of carbonyl (C=O) groups is 1. The molecule has 0 amide bonds. The molecule has 1 N–H and O–H groups in total. The lowest BCUT2D eigenvalue weighted by Crippen LogP contribution is -2.48. The maximum absolute atomic E-state index is 10.2. The van der Waals surface area contributed by atoms with Crippen molar-refractivity contribution in [1.29, 1.82) is 0 Å². The van der Waals surface area contributed by atoms with Gasteiger partial charge in [-0.2, -0.15) is 0 Å². The summed E-state index contributed by atoms with van der Waals surface area (Å²) in [7, 11) is 0. The average molecular weight is 352 g/mol. The number of hydrogen-bond acceptors (Lipinski definition) is 6. The Morgan fingerprint density at radius 3 is 2.68 bits per heavy atom. The summed E-state index contributed by atoms with van der Waals surface area (Å²) in [6.07, 6.45) is 3.32.